The lowest BCUT2D eigenvalue weighted by Crippen LogP contribution is -2.53. The SMILES string of the molecule is CC1CCCN1CC1(O)CCCNC1. The second kappa shape index (κ2) is 4.17. The number of rotatable bonds is 2. The minimum absolute atomic E-state index is 0.461. The van der Waals surface area contributed by atoms with Gasteiger partial charge in [0.05, 0.1) is 5.60 Å². The zero-order valence-electron chi connectivity index (χ0n) is 9.13. The van der Waals surface area contributed by atoms with Crippen LogP contribution in [0.3, 0.4) is 0 Å². The molecule has 0 spiro atoms. The molecule has 0 bridgehead atoms. The van der Waals surface area contributed by atoms with E-state index in [0.717, 1.165) is 32.5 Å². The van der Waals surface area contributed by atoms with Crippen molar-refractivity contribution >= 4 is 0 Å². The Balaban J connectivity index is 1.88. The van der Waals surface area contributed by atoms with E-state index in [4.69, 9.17) is 0 Å². The van der Waals surface area contributed by atoms with Crippen molar-refractivity contribution in [1.82, 2.24) is 10.2 Å². The van der Waals surface area contributed by atoms with Crippen molar-refractivity contribution in [2.45, 2.75) is 44.2 Å². The van der Waals surface area contributed by atoms with Crippen LogP contribution in [0.5, 0.6) is 0 Å². The smallest absolute Gasteiger partial charge is 0.0898 e. The van der Waals surface area contributed by atoms with Crippen LogP contribution in [0, 0.1) is 0 Å². The summed E-state index contributed by atoms with van der Waals surface area (Å²) in [5.74, 6) is 0. The van der Waals surface area contributed by atoms with Crippen LogP contribution < -0.4 is 5.32 Å². The Labute approximate surface area is 86.5 Å². The molecule has 2 aliphatic heterocycles. The van der Waals surface area contributed by atoms with E-state index in [9.17, 15) is 5.11 Å². The topological polar surface area (TPSA) is 35.5 Å². The molecular weight excluding hydrogens is 176 g/mol. The van der Waals surface area contributed by atoms with Crippen molar-refractivity contribution < 1.29 is 5.11 Å². The molecule has 2 aliphatic rings. The molecule has 3 nitrogen and oxygen atoms in total. The highest BCUT2D eigenvalue weighted by Gasteiger charge is 2.34. The fraction of sp³-hybridized carbons (Fsp3) is 1.00. The Morgan fingerprint density at radius 2 is 2.36 bits per heavy atom. The molecule has 2 rings (SSSR count). The highest BCUT2D eigenvalue weighted by molar-refractivity contribution is 4.90. The lowest BCUT2D eigenvalue weighted by atomic mass is 9.93. The summed E-state index contributed by atoms with van der Waals surface area (Å²) in [6, 6.07) is 0.668. The maximum absolute atomic E-state index is 10.3. The number of nitrogens with zero attached hydrogens (tertiary/aromatic N) is 1. The van der Waals surface area contributed by atoms with Gasteiger partial charge in [-0.25, -0.2) is 0 Å². The molecule has 3 heteroatoms. The molecular formula is C11H22N2O. The van der Waals surface area contributed by atoms with Crippen LogP contribution >= 0.6 is 0 Å². The van der Waals surface area contributed by atoms with E-state index >= 15 is 0 Å². The van der Waals surface area contributed by atoms with Crippen LogP contribution in [-0.4, -0.2) is 47.8 Å². The largest absolute Gasteiger partial charge is 0.387 e. The molecule has 2 N–H and O–H groups in total. The summed E-state index contributed by atoms with van der Waals surface area (Å²) in [5, 5.41) is 13.6. The normalized spacial score (nSPS) is 40.3. The van der Waals surface area contributed by atoms with Crippen molar-refractivity contribution in [3.8, 4) is 0 Å². The van der Waals surface area contributed by atoms with Crippen molar-refractivity contribution in [2.75, 3.05) is 26.2 Å². The number of hydrogen-bond donors (Lipinski definition) is 2. The lowest BCUT2D eigenvalue weighted by molar-refractivity contribution is -0.0169. The van der Waals surface area contributed by atoms with E-state index in [1.165, 1.54) is 19.4 Å². The summed E-state index contributed by atoms with van der Waals surface area (Å²) in [7, 11) is 0. The highest BCUT2D eigenvalue weighted by Crippen LogP contribution is 2.23. The maximum atomic E-state index is 10.3. The molecule has 0 aromatic rings. The Kier molecular flexibility index (Phi) is 3.10. The van der Waals surface area contributed by atoms with Crippen molar-refractivity contribution in [2.24, 2.45) is 0 Å². The first-order valence-electron chi connectivity index (χ1n) is 5.87. The summed E-state index contributed by atoms with van der Waals surface area (Å²) in [6.45, 7) is 6.14. The predicted molar refractivity (Wildman–Crippen MR) is 57.3 cm³/mol. The van der Waals surface area contributed by atoms with E-state index in [1.54, 1.807) is 0 Å². The summed E-state index contributed by atoms with van der Waals surface area (Å²) >= 11 is 0. The van der Waals surface area contributed by atoms with Gasteiger partial charge in [0, 0.05) is 19.1 Å². The van der Waals surface area contributed by atoms with Crippen LogP contribution in [0.2, 0.25) is 0 Å². The third kappa shape index (κ3) is 2.27. The molecule has 2 fully saturated rings. The highest BCUT2D eigenvalue weighted by atomic mass is 16.3. The number of likely N-dealkylation sites (tertiary alicyclic amines) is 1. The zero-order valence-corrected chi connectivity index (χ0v) is 9.13. The molecule has 2 heterocycles. The van der Waals surface area contributed by atoms with Gasteiger partial charge in [0.1, 0.15) is 0 Å². The molecule has 0 radical (unpaired) electrons. The van der Waals surface area contributed by atoms with Gasteiger partial charge < -0.3 is 10.4 Å². The van der Waals surface area contributed by atoms with E-state index < -0.39 is 5.60 Å². The summed E-state index contributed by atoms with van der Waals surface area (Å²) in [4.78, 5) is 2.44. The average Bonchev–Trinajstić information content (AvgIpc) is 2.52. The Morgan fingerprint density at radius 3 is 2.93 bits per heavy atom. The fourth-order valence-electron chi connectivity index (χ4n) is 2.69. The first-order valence-corrected chi connectivity index (χ1v) is 5.87. The van der Waals surface area contributed by atoms with Gasteiger partial charge in [0.15, 0.2) is 0 Å². The number of β-amino-alcohol motifs (C(OH)–C–C–N with tert-alkyl or cyclic N) is 1. The monoisotopic (exact) mass is 198 g/mol. The molecule has 0 aliphatic carbocycles. The van der Waals surface area contributed by atoms with Crippen molar-refractivity contribution in [3.63, 3.8) is 0 Å². The quantitative estimate of drug-likeness (QED) is 0.681. The number of hydrogen-bond acceptors (Lipinski definition) is 3. The number of piperidine rings is 1. The van der Waals surface area contributed by atoms with Gasteiger partial charge in [-0.1, -0.05) is 0 Å². The lowest BCUT2D eigenvalue weighted by Gasteiger charge is -2.37. The van der Waals surface area contributed by atoms with Gasteiger partial charge in [0.25, 0.3) is 0 Å². The van der Waals surface area contributed by atoms with Gasteiger partial charge in [-0.15, -0.1) is 0 Å². The Morgan fingerprint density at radius 1 is 1.50 bits per heavy atom. The molecule has 0 saturated carbocycles. The molecule has 0 amide bonds. The van der Waals surface area contributed by atoms with E-state index in [-0.39, 0.29) is 0 Å². The molecule has 0 aromatic heterocycles. The number of aliphatic hydroxyl groups is 1. The number of nitrogens with one attached hydrogen (secondary N) is 1. The Hall–Kier alpha value is -0.120. The second-order valence-corrected chi connectivity index (χ2v) is 4.97. The average molecular weight is 198 g/mol. The zero-order chi connectivity index (χ0) is 10.0. The maximum Gasteiger partial charge on any atom is 0.0898 e. The van der Waals surface area contributed by atoms with Crippen molar-refractivity contribution in [1.29, 1.82) is 0 Å². The minimum Gasteiger partial charge on any atom is -0.387 e. The van der Waals surface area contributed by atoms with Crippen LogP contribution in [0.15, 0.2) is 0 Å². The van der Waals surface area contributed by atoms with Gasteiger partial charge >= 0.3 is 0 Å². The molecule has 2 unspecified atom stereocenters. The fourth-order valence-corrected chi connectivity index (χ4v) is 2.69. The second-order valence-electron chi connectivity index (χ2n) is 4.97. The van der Waals surface area contributed by atoms with Gasteiger partial charge in [0.2, 0.25) is 0 Å². The molecule has 2 saturated heterocycles. The standard InChI is InChI=1S/C11H22N2O/c1-10-4-2-7-13(10)9-11(14)5-3-6-12-8-11/h10,12,14H,2-9H2,1H3. The molecule has 82 valence electrons. The van der Waals surface area contributed by atoms with Crippen LogP contribution in [0.4, 0.5) is 0 Å². The van der Waals surface area contributed by atoms with Gasteiger partial charge in [-0.2, -0.15) is 0 Å². The summed E-state index contributed by atoms with van der Waals surface area (Å²) in [5.41, 5.74) is -0.461. The van der Waals surface area contributed by atoms with E-state index in [2.05, 4.69) is 17.1 Å². The van der Waals surface area contributed by atoms with Gasteiger partial charge in [-0.05, 0) is 45.7 Å². The first kappa shape index (κ1) is 10.4. The molecule has 14 heavy (non-hydrogen) atoms. The summed E-state index contributed by atoms with van der Waals surface area (Å²) < 4.78 is 0. The Bertz CT molecular complexity index is 190. The van der Waals surface area contributed by atoms with Gasteiger partial charge in [-0.3, -0.25) is 4.90 Å². The predicted octanol–water partition coefficient (Wildman–Crippen LogP) is 0.585. The summed E-state index contributed by atoms with van der Waals surface area (Å²) in [6.07, 6.45) is 4.66. The van der Waals surface area contributed by atoms with Crippen LogP contribution in [0.1, 0.15) is 32.6 Å². The van der Waals surface area contributed by atoms with Crippen LogP contribution in [-0.2, 0) is 0 Å². The van der Waals surface area contributed by atoms with E-state index in [0.29, 0.717) is 6.04 Å². The third-order valence-electron chi connectivity index (χ3n) is 3.64. The molecule has 0 aromatic carbocycles. The minimum atomic E-state index is -0.461. The molecule has 2 atom stereocenters. The van der Waals surface area contributed by atoms with E-state index in [1.807, 2.05) is 0 Å². The van der Waals surface area contributed by atoms with Crippen LogP contribution in [0.25, 0.3) is 0 Å². The third-order valence-corrected chi connectivity index (χ3v) is 3.64. The first-order chi connectivity index (χ1) is 6.70. The van der Waals surface area contributed by atoms with Crippen molar-refractivity contribution in [3.05, 3.63) is 0 Å².